The summed E-state index contributed by atoms with van der Waals surface area (Å²) >= 11 is 0. The van der Waals surface area contributed by atoms with Gasteiger partial charge in [0, 0.05) is 19.3 Å². The van der Waals surface area contributed by atoms with E-state index in [1.807, 2.05) is 20.8 Å². The molecule has 0 aliphatic heterocycles. The molecule has 0 heterocycles. The van der Waals surface area contributed by atoms with E-state index in [1.54, 1.807) is 0 Å². The molecule has 0 aromatic carbocycles. The highest BCUT2D eigenvalue weighted by Crippen LogP contribution is 2.71. The number of rotatable bonds is 6. The van der Waals surface area contributed by atoms with E-state index in [0.29, 0.717) is 12.8 Å². The quantitative estimate of drug-likeness (QED) is 0.282. The van der Waals surface area contributed by atoms with Gasteiger partial charge in [-0.05, 0) is 60.7 Å². The monoisotopic (exact) mass is 560 g/mol. The Bertz CT molecular complexity index is 1230. The standard InChI is InChI=1S/C31H44O9/c1-16(25(37)40-8)11-17(32)15-28(5,38)20-14-23(35)30(7)29(20,6)22(34)13-19-27(4)10-9-21(33)26(2,3)18(27)12-24(36)31(19,30)39/h13-14,16,18,21,23,33,35,38-39H,9-12,15H2,1-8H3/t16-,18-,21-,23+,27-,28-,29-,30+,31+/m0/s1. The second-order valence-corrected chi connectivity index (χ2v) is 14.1. The molecule has 40 heavy (non-hydrogen) atoms. The summed E-state index contributed by atoms with van der Waals surface area (Å²) in [6.45, 7) is 11.6. The topological polar surface area (TPSA) is 158 Å². The van der Waals surface area contributed by atoms with Gasteiger partial charge in [0.15, 0.2) is 17.2 Å². The fourth-order valence-corrected chi connectivity index (χ4v) is 8.78. The summed E-state index contributed by atoms with van der Waals surface area (Å²) in [4.78, 5) is 53.0. The highest BCUT2D eigenvalue weighted by molar-refractivity contribution is 6.07. The van der Waals surface area contributed by atoms with Crippen molar-refractivity contribution >= 4 is 23.3 Å². The lowest BCUT2D eigenvalue weighted by Crippen LogP contribution is -2.73. The number of ether oxygens (including phenoxy) is 1. The first-order valence-corrected chi connectivity index (χ1v) is 14.1. The van der Waals surface area contributed by atoms with Crippen molar-refractivity contribution in [2.45, 2.75) is 104 Å². The zero-order chi connectivity index (χ0) is 30.4. The van der Waals surface area contributed by atoms with Crippen LogP contribution in [0.2, 0.25) is 0 Å². The number of aliphatic hydroxyl groups excluding tert-OH is 2. The number of hydrogen-bond donors (Lipinski definition) is 4. The molecule has 0 bridgehead atoms. The van der Waals surface area contributed by atoms with Crippen molar-refractivity contribution in [1.29, 1.82) is 0 Å². The Morgan fingerprint density at radius 3 is 2.33 bits per heavy atom. The number of Topliss-reactive ketones (excluding diaryl/α,β-unsaturated/α-hetero) is 2. The largest absolute Gasteiger partial charge is 0.469 e. The fraction of sp³-hybridized carbons (Fsp3) is 0.742. The van der Waals surface area contributed by atoms with Crippen LogP contribution in [0.4, 0.5) is 0 Å². The van der Waals surface area contributed by atoms with Crippen LogP contribution >= 0.6 is 0 Å². The van der Waals surface area contributed by atoms with Gasteiger partial charge in [-0.15, -0.1) is 0 Å². The number of fused-ring (bicyclic) bond motifs is 5. The first-order chi connectivity index (χ1) is 18.2. The third-order valence-corrected chi connectivity index (χ3v) is 11.5. The SMILES string of the molecule is COC(=O)[C@@H](C)CC(=O)C[C@](C)(O)C1=C[C@@H](O)[C@]2(C)[C@]1(C)C(=O)C=C1[C@@]2(O)C(=O)C[C@H]2C(C)(C)[C@@H](O)CC[C@]12C. The van der Waals surface area contributed by atoms with Gasteiger partial charge in [0.05, 0.1) is 41.7 Å². The number of hydrogen-bond acceptors (Lipinski definition) is 9. The van der Waals surface area contributed by atoms with Gasteiger partial charge in [-0.25, -0.2) is 0 Å². The second kappa shape index (κ2) is 9.15. The highest BCUT2D eigenvalue weighted by Gasteiger charge is 2.78. The Balaban J connectivity index is 1.80. The van der Waals surface area contributed by atoms with Crippen LogP contribution in [-0.2, 0) is 23.9 Å². The lowest BCUT2D eigenvalue weighted by atomic mass is 9.38. The minimum Gasteiger partial charge on any atom is -0.469 e. The maximum atomic E-state index is 14.2. The van der Waals surface area contributed by atoms with E-state index in [4.69, 9.17) is 0 Å². The molecule has 0 radical (unpaired) electrons. The van der Waals surface area contributed by atoms with E-state index >= 15 is 0 Å². The van der Waals surface area contributed by atoms with Crippen molar-refractivity contribution in [2.75, 3.05) is 7.11 Å². The average Bonchev–Trinajstić information content (AvgIpc) is 3.08. The first kappa shape index (κ1) is 30.8. The Kier molecular flexibility index (Phi) is 7.03. The number of esters is 1. The van der Waals surface area contributed by atoms with Gasteiger partial charge in [0.25, 0.3) is 0 Å². The maximum absolute atomic E-state index is 14.2. The predicted molar refractivity (Wildman–Crippen MR) is 145 cm³/mol. The summed E-state index contributed by atoms with van der Waals surface area (Å²) in [6.07, 6.45) is 0.688. The smallest absolute Gasteiger partial charge is 0.308 e. The van der Waals surface area contributed by atoms with E-state index < -0.39 is 80.7 Å². The molecule has 4 aliphatic rings. The third kappa shape index (κ3) is 3.66. The van der Waals surface area contributed by atoms with Crippen LogP contribution in [0.5, 0.6) is 0 Å². The molecule has 4 rings (SSSR count). The van der Waals surface area contributed by atoms with Crippen LogP contribution in [0.3, 0.4) is 0 Å². The maximum Gasteiger partial charge on any atom is 0.308 e. The zero-order valence-electron chi connectivity index (χ0n) is 24.8. The van der Waals surface area contributed by atoms with Gasteiger partial charge in [-0.2, -0.15) is 0 Å². The van der Waals surface area contributed by atoms with Gasteiger partial charge in [0.1, 0.15) is 5.78 Å². The van der Waals surface area contributed by atoms with Crippen molar-refractivity contribution < 1.29 is 44.3 Å². The highest BCUT2D eigenvalue weighted by atomic mass is 16.5. The normalized spacial score (nSPS) is 42.5. The molecule has 4 aliphatic carbocycles. The molecule has 0 aromatic rings. The number of allylic oxidation sites excluding steroid dienone is 1. The molecular formula is C31H44O9. The van der Waals surface area contributed by atoms with Crippen LogP contribution in [0.1, 0.15) is 80.6 Å². The predicted octanol–water partition coefficient (Wildman–Crippen LogP) is 2.23. The lowest BCUT2D eigenvalue weighted by molar-refractivity contribution is -0.200. The minimum atomic E-state index is -2.23. The summed E-state index contributed by atoms with van der Waals surface area (Å²) in [5.41, 5.74) is -8.77. The molecule has 9 atom stereocenters. The number of aliphatic hydroxyl groups is 4. The van der Waals surface area contributed by atoms with E-state index in [9.17, 15) is 39.6 Å². The number of ketones is 3. The van der Waals surface area contributed by atoms with Crippen LogP contribution in [0.25, 0.3) is 0 Å². The van der Waals surface area contributed by atoms with E-state index in [2.05, 4.69) is 4.74 Å². The summed E-state index contributed by atoms with van der Waals surface area (Å²) in [5, 5.41) is 46.5. The van der Waals surface area contributed by atoms with Gasteiger partial charge in [-0.3, -0.25) is 19.2 Å². The molecule has 0 unspecified atom stereocenters. The van der Waals surface area contributed by atoms with E-state index in [1.165, 1.54) is 47.0 Å². The van der Waals surface area contributed by atoms with Crippen LogP contribution in [-0.4, -0.2) is 74.3 Å². The fourth-order valence-electron chi connectivity index (χ4n) is 8.78. The zero-order valence-corrected chi connectivity index (χ0v) is 24.8. The summed E-state index contributed by atoms with van der Waals surface area (Å²) in [5.74, 6) is -3.10. The molecule has 9 nitrogen and oxygen atoms in total. The van der Waals surface area contributed by atoms with Crippen molar-refractivity contribution in [2.24, 2.45) is 33.5 Å². The average molecular weight is 561 g/mol. The van der Waals surface area contributed by atoms with Gasteiger partial charge < -0.3 is 25.2 Å². The van der Waals surface area contributed by atoms with Crippen molar-refractivity contribution in [3.8, 4) is 0 Å². The second-order valence-electron chi connectivity index (χ2n) is 14.1. The van der Waals surface area contributed by atoms with Gasteiger partial charge in [-0.1, -0.05) is 40.7 Å². The summed E-state index contributed by atoms with van der Waals surface area (Å²) < 4.78 is 4.68. The molecule has 0 amide bonds. The Hall–Kier alpha value is -2.20. The molecule has 2 fully saturated rings. The first-order valence-electron chi connectivity index (χ1n) is 14.1. The van der Waals surface area contributed by atoms with Crippen molar-refractivity contribution in [3.63, 3.8) is 0 Å². The van der Waals surface area contributed by atoms with Crippen molar-refractivity contribution in [3.05, 3.63) is 23.3 Å². The molecule has 4 N–H and O–H groups in total. The number of methoxy groups -OCH3 is 1. The molecule has 0 spiro atoms. The summed E-state index contributed by atoms with van der Waals surface area (Å²) in [7, 11) is 1.22. The number of carbonyl (C=O) groups is 4. The minimum absolute atomic E-state index is 0.0450. The molecule has 222 valence electrons. The lowest BCUT2D eigenvalue weighted by Gasteiger charge is -2.65. The molecular weight excluding hydrogens is 516 g/mol. The number of carbonyl (C=O) groups excluding carboxylic acids is 4. The van der Waals surface area contributed by atoms with Crippen LogP contribution in [0.15, 0.2) is 23.3 Å². The molecule has 2 saturated carbocycles. The van der Waals surface area contributed by atoms with Crippen LogP contribution in [0, 0.1) is 33.5 Å². The van der Waals surface area contributed by atoms with Crippen LogP contribution < -0.4 is 0 Å². The molecule has 0 aromatic heterocycles. The van der Waals surface area contributed by atoms with Gasteiger partial charge in [0.2, 0.25) is 0 Å². The summed E-state index contributed by atoms with van der Waals surface area (Å²) in [6, 6.07) is 0. The molecule has 0 saturated heterocycles. The van der Waals surface area contributed by atoms with E-state index in [0.717, 1.165) is 0 Å². The van der Waals surface area contributed by atoms with E-state index in [-0.39, 0.29) is 29.9 Å². The molecule has 9 heteroatoms. The Labute approximate surface area is 235 Å². The van der Waals surface area contributed by atoms with Gasteiger partial charge >= 0.3 is 5.97 Å². The third-order valence-electron chi connectivity index (χ3n) is 11.5. The Morgan fingerprint density at radius 2 is 1.75 bits per heavy atom. The Morgan fingerprint density at radius 1 is 1.15 bits per heavy atom. The van der Waals surface area contributed by atoms with Crippen molar-refractivity contribution in [1.82, 2.24) is 0 Å².